The molecule has 0 aliphatic heterocycles. The molecule has 0 saturated heterocycles. The highest BCUT2D eigenvalue weighted by atomic mass is 127. The minimum Gasteiger partial charge on any atom is -0.494 e. The van der Waals surface area contributed by atoms with Gasteiger partial charge in [0, 0.05) is 15.2 Å². The summed E-state index contributed by atoms with van der Waals surface area (Å²) < 4.78 is 1.15. The van der Waals surface area contributed by atoms with E-state index in [-0.39, 0.29) is 5.88 Å². The fourth-order valence-corrected chi connectivity index (χ4v) is 2.36. The van der Waals surface area contributed by atoms with Gasteiger partial charge in [-0.2, -0.15) is 0 Å². The van der Waals surface area contributed by atoms with Crippen LogP contribution in [0, 0.1) is 3.57 Å². The molecule has 3 rings (SSSR count). The number of hydrogen-bond acceptors (Lipinski definition) is 3. The van der Waals surface area contributed by atoms with Crippen LogP contribution in [0.5, 0.6) is 5.88 Å². The van der Waals surface area contributed by atoms with Gasteiger partial charge >= 0.3 is 0 Å². The zero-order valence-electron chi connectivity index (χ0n) is 10.1. The number of fused-ring (bicyclic) bond motifs is 1. The van der Waals surface area contributed by atoms with Gasteiger partial charge in [-0.25, -0.2) is 4.98 Å². The first-order chi connectivity index (χ1) is 9.63. The number of aliphatic imine (C=N–C) groups is 1. The Balaban J connectivity index is 2.02. The molecule has 2 N–H and O–H groups in total. The molecule has 0 saturated carbocycles. The number of rotatable bonds is 2. The third kappa shape index (κ3) is 2.64. The number of aromatic amines is 1. The lowest BCUT2D eigenvalue weighted by molar-refractivity contribution is 0.457. The minimum atomic E-state index is 0.0315. The molecule has 0 radical (unpaired) electrons. The average Bonchev–Trinajstić information content (AvgIpc) is 2.73. The summed E-state index contributed by atoms with van der Waals surface area (Å²) in [4.78, 5) is 11.2. The van der Waals surface area contributed by atoms with Gasteiger partial charge in [-0.3, -0.25) is 4.99 Å². The molecular weight excluding hydrogens is 389 g/mol. The Hall–Kier alpha value is -1.60. The fraction of sp³-hybridized carbons (Fsp3) is 0. The molecule has 2 heterocycles. The quantitative estimate of drug-likeness (QED) is 0.385. The van der Waals surface area contributed by atoms with Crippen molar-refractivity contribution >= 4 is 57.1 Å². The molecule has 0 spiro atoms. The first-order valence-electron chi connectivity index (χ1n) is 5.80. The van der Waals surface area contributed by atoms with Gasteiger partial charge < -0.3 is 10.1 Å². The number of aromatic hydroxyl groups is 1. The number of hydrogen-bond donors (Lipinski definition) is 2. The summed E-state index contributed by atoms with van der Waals surface area (Å²) in [5.74, 6) is 0.0315. The van der Waals surface area contributed by atoms with Gasteiger partial charge in [-0.05, 0) is 59.0 Å². The third-order valence-corrected chi connectivity index (χ3v) is 3.74. The highest BCUT2D eigenvalue weighted by Crippen LogP contribution is 2.26. The molecule has 100 valence electrons. The van der Waals surface area contributed by atoms with E-state index in [1.807, 2.05) is 24.3 Å². The van der Waals surface area contributed by atoms with Crippen LogP contribution in [0.15, 0.2) is 41.4 Å². The molecule has 0 fully saturated rings. The molecule has 0 unspecified atom stereocenters. The molecule has 0 aliphatic rings. The van der Waals surface area contributed by atoms with Gasteiger partial charge in [0.05, 0.1) is 11.3 Å². The fourth-order valence-electron chi connectivity index (χ4n) is 1.85. The van der Waals surface area contributed by atoms with Crippen LogP contribution in [0.4, 0.5) is 5.69 Å². The van der Waals surface area contributed by atoms with Crippen LogP contribution in [0.1, 0.15) is 5.56 Å². The van der Waals surface area contributed by atoms with Crippen LogP contribution >= 0.6 is 34.2 Å². The van der Waals surface area contributed by atoms with Gasteiger partial charge in [-0.15, -0.1) is 0 Å². The van der Waals surface area contributed by atoms with Crippen LogP contribution in [0.25, 0.3) is 11.0 Å². The van der Waals surface area contributed by atoms with E-state index in [4.69, 9.17) is 11.6 Å². The van der Waals surface area contributed by atoms with Crippen LogP contribution in [-0.2, 0) is 0 Å². The summed E-state index contributed by atoms with van der Waals surface area (Å²) in [5.41, 5.74) is 1.96. The highest BCUT2D eigenvalue weighted by molar-refractivity contribution is 14.1. The Bertz CT molecular complexity index is 796. The van der Waals surface area contributed by atoms with Crippen molar-refractivity contribution in [2.45, 2.75) is 0 Å². The summed E-state index contributed by atoms with van der Waals surface area (Å²) in [5, 5.41) is 11.1. The summed E-state index contributed by atoms with van der Waals surface area (Å²) in [6.07, 6.45) is 1.62. The zero-order chi connectivity index (χ0) is 14.1. The zero-order valence-corrected chi connectivity index (χ0v) is 13.1. The van der Waals surface area contributed by atoms with Crippen molar-refractivity contribution in [3.8, 4) is 5.88 Å². The van der Waals surface area contributed by atoms with Crippen molar-refractivity contribution < 1.29 is 5.11 Å². The number of nitrogens with zero attached hydrogens (tertiary/aromatic N) is 2. The standard InChI is InChI=1S/C14H9ClIN3O/c15-12-6-5-10-11(14(20)19-13(10)18-12)7-17-9-3-1-8(16)2-4-9/h1-7,20H,(H,18,19). The van der Waals surface area contributed by atoms with Gasteiger partial charge in [0.2, 0.25) is 0 Å². The number of aromatic nitrogens is 2. The molecule has 6 heteroatoms. The van der Waals surface area contributed by atoms with Crippen LogP contribution < -0.4 is 0 Å². The predicted molar refractivity (Wildman–Crippen MR) is 89.2 cm³/mol. The molecule has 2 aromatic heterocycles. The van der Waals surface area contributed by atoms with Gasteiger partial charge in [0.1, 0.15) is 10.8 Å². The second-order valence-corrected chi connectivity index (χ2v) is 5.78. The lowest BCUT2D eigenvalue weighted by atomic mass is 10.2. The van der Waals surface area contributed by atoms with Crippen molar-refractivity contribution in [3.05, 3.63) is 50.7 Å². The topological polar surface area (TPSA) is 61.3 Å². The second kappa shape index (κ2) is 5.41. The number of H-pyrrole nitrogens is 1. The van der Waals surface area contributed by atoms with E-state index < -0.39 is 0 Å². The summed E-state index contributed by atoms with van der Waals surface area (Å²) in [6, 6.07) is 11.3. The maximum atomic E-state index is 9.92. The largest absolute Gasteiger partial charge is 0.494 e. The molecule has 0 amide bonds. The Morgan fingerprint density at radius 1 is 1.20 bits per heavy atom. The monoisotopic (exact) mass is 397 g/mol. The third-order valence-electron chi connectivity index (χ3n) is 2.81. The van der Waals surface area contributed by atoms with Gasteiger partial charge in [-0.1, -0.05) is 11.6 Å². The van der Waals surface area contributed by atoms with Crippen molar-refractivity contribution in [1.29, 1.82) is 0 Å². The van der Waals surface area contributed by atoms with E-state index in [0.29, 0.717) is 16.4 Å². The van der Waals surface area contributed by atoms with E-state index in [1.165, 1.54) is 0 Å². The molecule has 3 aromatic rings. The Labute approximate surface area is 133 Å². The molecular formula is C14H9ClIN3O. The molecule has 20 heavy (non-hydrogen) atoms. The highest BCUT2D eigenvalue weighted by Gasteiger charge is 2.10. The van der Waals surface area contributed by atoms with E-state index in [9.17, 15) is 5.11 Å². The van der Waals surface area contributed by atoms with Gasteiger partial charge in [0.25, 0.3) is 0 Å². The average molecular weight is 398 g/mol. The predicted octanol–water partition coefficient (Wildman–Crippen LogP) is 4.28. The van der Waals surface area contributed by atoms with Crippen LogP contribution in [0.2, 0.25) is 5.15 Å². The maximum absolute atomic E-state index is 9.92. The minimum absolute atomic E-state index is 0.0315. The normalized spacial score (nSPS) is 11.5. The number of benzene rings is 1. The number of halogens is 2. The van der Waals surface area contributed by atoms with Gasteiger partial charge in [0.15, 0.2) is 5.88 Å². The SMILES string of the molecule is Oc1[nH]c2nc(Cl)ccc2c1C=Nc1ccc(I)cc1. The Morgan fingerprint density at radius 2 is 1.95 bits per heavy atom. The second-order valence-electron chi connectivity index (χ2n) is 4.15. The summed E-state index contributed by atoms with van der Waals surface area (Å²) in [7, 11) is 0. The Kier molecular flexibility index (Phi) is 3.62. The molecule has 4 nitrogen and oxygen atoms in total. The summed E-state index contributed by atoms with van der Waals surface area (Å²) >= 11 is 8.06. The van der Waals surface area contributed by atoms with Crippen molar-refractivity contribution in [2.75, 3.05) is 0 Å². The molecule has 1 aromatic carbocycles. The number of nitrogens with one attached hydrogen (secondary N) is 1. The van der Waals surface area contributed by atoms with Crippen LogP contribution in [-0.4, -0.2) is 21.3 Å². The van der Waals surface area contributed by atoms with Crippen LogP contribution in [0.3, 0.4) is 0 Å². The molecule has 0 bridgehead atoms. The molecule has 0 atom stereocenters. The van der Waals surface area contributed by atoms with Crippen molar-refractivity contribution in [3.63, 3.8) is 0 Å². The van der Waals surface area contributed by atoms with E-state index in [0.717, 1.165) is 14.6 Å². The van der Waals surface area contributed by atoms with E-state index in [2.05, 4.69) is 37.6 Å². The lowest BCUT2D eigenvalue weighted by Crippen LogP contribution is -1.80. The van der Waals surface area contributed by atoms with E-state index in [1.54, 1.807) is 18.3 Å². The van der Waals surface area contributed by atoms with Crippen molar-refractivity contribution in [2.24, 2.45) is 4.99 Å². The Morgan fingerprint density at radius 3 is 2.70 bits per heavy atom. The van der Waals surface area contributed by atoms with E-state index >= 15 is 0 Å². The smallest absolute Gasteiger partial charge is 0.199 e. The molecule has 0 aliphatic carbocycles. The number of pyridine rings is 1. The first kappa shape index (κ1) is 13.4. The summed E-state index contributed by atoms with van der Waals surface area (Å²) in [6.45, 7) is 0. The first-order valence-corrected chi connectivity index (χ1v) is 7.26. The maximum Gasteiger partial charge on any atom is 0.199 e. The lowest BCUT2D eigenvalue weighted by Gasteiger charge is -1.95. The van der Waals surface area contributed by atoms with Crippen molar-refractivity contribution in [1.82, 2.24) is 9.97 Å².